The van der Waals surface area contributed by atoms with Crippen molar-refractivity contribution in [3.8, 4) is 0 Å². The topological polar surface area (TPSA) is 81.1 Å². The second-order valence-electron chi connectivity index (χ2n) is 4.20. The van der Waals surface area contributed by atoms with Crippen molar-refractivity contribution in [2.24, 2.45) is 0 Å². The van der Waals surface area contributed by atoms with Gasteiger partial charge in [0.1, 0.15) is 5.82 Å². The average molecular weight is 280 g/mol. The van der Waals surface area contributed by atoms with E-state index in [-0.39, 0.29) is 6.42 Å². The Morgan fingerprint density at radius 1 is 1.37 bits per heavy atom. The number of hydrogen-bond donors (Lipinski definition) is 2. The van der Waals surface area contributed by atoms with Gasteiger partial charge in [-0.15, -0.1) is 0 Å². The number of nitrogens with two attached hydrogens (primary N) is 1. The molecule has 0 aliphatic rings. The lowest BCUT2D eigenvalue weighted by molar-refractivity contribution is -0.136. The number of aliphatic carboxylic acids is 1. The van der Waals surface area contributed by atoms with Crippen LogP contribution in [0.25, 0.3) is 0 Å². The number of aromatic nitrogens is 2. The zero-order valence-corrected chi connectivity index (χ0v) is 11.0. The van der Waals surface area contributed by atoms with Crippen molar-refractivity contribution in [1.29, 1.82) is 0 Å². The molecule has 6 heteroatoms. The summed E-state index contributed by atoms with van der Waals surface area (Å²) < 4.78 is 1.62. The van der Waals surface area contributed by atoms with Crippen LogP contribution in [0.15, 0.2) is 30.5 Å². The fourth-order valence-corrected chi connectivity index (χ4v) is 1.98. The van der Waals surface area contributed by atoms with Crippen LogP contribution in [0.3, 0.4) is 0 Å². The normalized spacial score (nSPS) is 10.6. The Morgan fingerprint density at radius 2 is 2.11 bits per heavy atom. The molecule has 2 aromatic rings. The maximum Gasteiger partial charge on any atom is 0.303 e. The monoisotopic (exact) mass is 279 g/mol. The summed E-state index contributed by atoms with van der Waals surface area (Å²) in [5, 5.41) is 13.5. The molecule has 0 aliphatic carbocycles. The van der Waals surface area contributed by atoms with E-state index in [1.807, 2.05) is 24.3 Å². The number of anilines is 1. The molecule has 0 radical (unpaired) electrons. The number of carboxylic acids is 1. The maximum absolute atomic E-state index is 10.5. The number of hydrogen-bond acceptors (Lipinski definition) is 3. The predicted octanol–water partition coefficient (Wildman–Crippen LogP) is 2.18. The van der Waals surface area contributed by atoms with Crippen LogP contribution in [0.1, 0.15) is 17.5 Å². The maximum atomic E-state index is 10.5. The third-order valence-electron chi connectivity index (χ3n) is 2.85. The van der Waals surface area contributed by atoms with Gasteiger partial charge in [0.2, 0.25) is 0 Å². The van der Waals surface area contributed by atoms with E-state index < -0.39 is 5.97 Å². The molecule has 0 amide bonds. The van der Waals surface area contributed by atoms with Crippen LogP contribution in [0.2, 0.25) is 5.02 Å². The average Bonchev–Trinajstić information content (AvgIpc) is 2.71. The molecule has 1 heterocycles. The van der Waals surface area contributed by atoms with E-state index in [2.05, 4.69) is 5.10 Å². The molecule has 19 heavy (non-hydrogen) atoms. The minimum atomic E-state index is -0.849. The van der Waals surface area contributed by atoms with Gasteiger partial charge in [-0.25, -0.2) is 4.68 Å². The zero-order chi connectivity index (χ0) is 13.8. The van der Waals surface area contributed by atoms with E-state index in [4.69, 9.17) is 22.4 Å². The molecule has 0 bridgehead atoms. The number of halogens is 1. The zero-order valence-electron chi connectivity index (χ0n) is 10.2. The molecule has 2 rings (SSSR count). The van der Waals surface area contributed by atoms with Gasteiger partial charge in [0.05, 0.1) is 12.7 Å². The van der Waals surface area contributed by atoms with E-state index in [0.29, 0.717) is 23.8 Å². The van der Waals surface area contributed by atoms with Crippen molar-refractivity contribution in [3.63, 3.8) is 0 Å². The Balaban J connectivity index is 2.14. The minimum absolute atomic E-state index is 0.0436. The summed E-state index contributed by atoms with van der Waals surface area (Å²) in [4.78, 5) is 10.5. The third-order valence-corrected chi connectivity index (χ3v) is 3.21. The van der Waals surface area contributed by atoms with Crippen molar-refractivity contribution in [3.05, 3.63) is 46.6 Å². The summed E-state index contributed by atoms with van der Waals surface area (Å²) in [6.07, 6.45) is 2.03. The summed E-state index contributed by atoms with van der Waals surface area (Å²) in [5.41, 5.74) is 7.62. The van der Waals surface area contributed by atoms with Crippen molar-refractivity contribution >= 4 is 23.4 Å². The fraction of sp³-hybridized carbons (Fsp3) is 0.231. The van der Waals surface area contributed by atoms with Gasteiger partial charge in [-0.3, -0.25) is 4.79 Å². The lowest BCUT2D eigenvalue weighted by atomic mass is 10.2. The van der Waals surface area contributed by atoms with Gasteiger partial charge in [-0.2, -0.15) is 5.10 Å². The molecule has 1 aromatic heterocycles. The van der Waals surface area contributed by atoms with Crippen LogP contribution in [0, 0.1) is 0 Å². The number of carbonyl (C=O) groups is 1. The van der Waals surface area contributed by atoms with E-state index in [1.165, 1.54) is 0 Å². The van der Waals surface area contributed by atoms with Gasteiger partial charge in [-0.1, -0.05) is 29.8 Å². The fourth-order valence-electron chi connectivity index (χ4n) is 1.78. The molecule has 100 valence electrons. The van der Waals surface area contributed by atoms with Crippen molar-refractivity contribution in [2.75, 3.05) is 5.73 Å². The summed E-state index contributed by atoms with van der Waals surface area (Å²) in [6.45, 7) is 0.471. The van der Waals surface area contributed by atoms with Crippen LogP contribution in [-0.2, 0) is 17.8 Å². The van der Waals surface area contributed by atoms with Crippen LogP contribution >= 0.6 is 11.6 Å². The molecule has 0 aliphatic heterocycles. The van der Waals surface area contributed by atoms with Gasteiger partial charge in [0.15, 0.2) is 0 Å². The summed E-state index contributed by atoms with van der Waals surface area (Å²) in [6, 6.07) is 7.46. The van der Waals surface area contributed by atoms with Crippen LogP contribution in [0.5, 0.6) is 0 Å². The molecule has 0 spiro atoms. The Hall–Kier alpha value is -2.01. The lowest BCUT2D eigenvalue weighted by Crippen LogP contribution is -2.07. The first-order valence-electron chi connectivity index (χ1n) is 5.83. The summed E-state index contributed by atoms with van der Waals surface area (Å²) >= 11 is 6.08. The van der Waals surface area contributed by atoms with Gasteiger partial charge < -0.3 is 10.8 Å². The first-order chi connectivity index (χ1) is 9.08. The Kier molecular flexibility index (Phi) is 4.06. The highest BCUT2D eigenvalue weighted by atomic mass is 35.5. The van der Waals surface area contributed by atoms with Crippen molar-refractivity contribution in [1.82, 2.24) is 9.78 Å². The SMILES string of the molecule is Nc1c(CCC(=O)O)cnn1Cc1ccccc1Cl. The molecule has 5 nitrogen and oxygen atoms in total. The van der Waals surface area contributed by atoms with Crippen LogP contribution < -0.4 is 5.73 Å². The van der Waals surface area contributed by atoms with Crippen LogP contribution in [-0.4, -0.2) is 20.9 Å². The van der Waals surface area contributed by atoms with Gasteiger partial charge in [0.25, 0.3) is 0 Å². The minimum Gasteiger partial charge on any atom is -0.481 e. The summed E-state index contributed by atoms with van der Waals surface area (Å²) in [5.74, 6) is -0.362. The quantitative estimate of drug-likeness (QED) is 0.879. The van der Waals surface area contributed by atoms with Crippen molar-refractivity contribution < 1.29 is 9.90 Å². The highest BCUT2D eigenvalue weighted by Gasteiger charge is 2.10. The second-order valence-corrected chi connectivity index (χ2v) is 4.61. The van der Waals surface area contributed by atoms with Gasteiger partial charge in [0, 0.05) is 17.0 Å². The number of aryl methyl sites for hydroxylation is 1. The smallest absolute Gasteiger partial charge is 0.303 e. The molecular weight excluding hydrogens is 266 g/mol. The number of nitrogens with zero attached hydrogens (tertiary/aromatic N) is 2. The third kappa shape index (κ3) is 3.26. The first-order valence-corrected chi connectivity index (χ1v) is 6.21. The molecular formula is C13H14ClN3O2. The van der Waals surface area contributed by atoms with Gasteiger partial charge in [-0.05, 0) is 18.1 Å². The van der Waals surface area contributed by atoms with E-state index in [0.717, 1.165) is 11.1 Å². The largest absolute Gasteiger partial charge is 0.481 e. The number of benzene rings is 1. The van der Waals surface area contributed by atoms with Gasteiger partial charge >= 0.3 is 5.97 Å². The molecule has 0 saturated carbocycles. The first kappa shape index (κ1) is 13.4. The molecule has 0 fully saturated rings. The predicted molar refractivity (Wildman–Crippen MR) is 73.2 cm³/mol. The van der Waals surface area contributed by atoms with Crippen LogP contribution in [0.4, 0.5) is 5.82 Å². The highest BCUT2D eigenvalue weighted by molar-refractivity contribution is 6.31. The number of nitrogen functional groups attached to an aromatic ring is 1. The Labute approximate surface area is 115 Å². The van der Waals surface area contributed by atoms with Crippen molar-refractivity contribution in [2.45, 2.75) is 19.4 Å². The highest BCUT2D eigenvalue weighted by Crippen LogP contribution is 2.19. The molecule has 1 aromatic carbocycles. The second kappa shape index (κ2) is 5.75. The standard InChI is InChI=1S/C13H14ClN3O2/c14-11-4-2-1-3-10(11)8-17-13(15)9(7-16-17)5-6-12(18)19/h1-4,7H,5-6,8,15H2,(H,18,19). The molecule has 0 saturated heterocycles. The number of carboxylic acid groups (broad SMARTS) is 1. The molecule has 0 atom stereocenters. The Morgan fingerprint density at radius 3 is 2.79 bits per heavy atom. The number of rotatable bonds is 5. The van der Waals surface area contributed by atoms with E-state index in [1.54, 1.807) is 10.9 Å². The van der Waals surface area contributed by atoms with E-state index in [9.17, 15) is 4.79 Å². The molecule has 0 unspecified atom stereocenters. The Bertz CT molecular complexity index is 595. The summed E-state index contributed by atoms with van der Waals surface area (Å²) in [7, 11) is 0. The van der Waals surface area contributed by atoms with E-state index >= 15 is 0 Å². The molecule has 3 N–H and O–H groups in total. The lowest BCUT2D eigenvalue weighted by Gasteiger charge is -2.07.